The number of thiazole rings is 1. The molecule has 1 aliphatic rings. The third kappa shape index (κ3) is 3.22. The van der Waals surface area contributed by atoms with Crippen LogP contribution in [0.1, 0.15) is 29.0 Å². The van der Waals surface area contributed by atoms with E-state index in [1.165, 1.54) is 23.5 Å². The van der Waals surface area contributed by atoms with Crippen LogP contribution in [0.4, 0.5) is 9.52 Å². The van der Waals surface area contributed by atoms with Gasteiger partial charge in [0.2, 0.25) is 0 Å². The second-order valence-electron chi connectivity index (χ2n) is 6.45. The molecule has 26 heavy (non-hydrogen) atoms. The molecule has 6 nitrogen and oxygen atoms in total. The van der Waals surface area contributed by atoms with Gasteiger partial charge in [0.05, 0.1) is 28.6 Å². The van der Waals surface area contributed by atoms with Gasteiger partial charge in [0.25, 0.3) is 5.91 Å². The zero-order valence-electron chi connectivity index (χ0n) is 14.6. The van der Waals surface area contributed by atoms with Gasteiger partial charge in [-0.3, -0.25) is 14.4 Å². The van der Waals surface area contributed by atoms with Crippen molar-refractivity contribution in [3.8, 4) is 0 Å². The summed E-state index contributed by atoms with van der Waals surface area (Å²) in [6.07, 6.45) is 1.88. The standard InChI is InChI=1S/C18H19FN4O2S/c1-11-8-15(22(2)21-11)17(24)23(10-13-4-3-7-25-13)18-20-14-6-5-12(19)9-16(14)26-18/h5-6,8-9,13H,3-4,7,10H2,1-2H3. The second-order valence-corrected chi connectivity index (χ2v) is 7.46. The summed E-state index contributed by atoms with van der Waals surface area (Å²) in [6.45, 7) is 2.98. The molecule has 2 aromatic heterocycles. The molecular formula is C18H19FN4O2S. The Balaban J connectivity index is 1.73. The van der Waals surface area contributed by atoms with Crippen molar-refractivity contribution < 1.29 is 13.9 Å². The molecule has 3 heterocycles. The summed E-state index contributed by atoms with van der Waals surface area (Å²) in [7, 11) is 1.75. The molecule has 0 bridgehead atoms. The molecule has 0 aliphatic carbocycles. The molecule has 1 unspecified atom stereocenters. The number of rotatable bonds is 4. The first-order chi connectivity index (χ1) is 12.5. The number of amides is 1. The number of hydrogen-bond acceptors (Lipinski definition) is 5. The van der Waals surface area contributed by atoms with Crippen LogP contribution in [0, 0.1) is 12.7 Å². The fourth-order valence-electron chi connectivity index (χ4n) is 3.19. The van der Waals surface area contributed by atoms with Gasteiger partial charge < -0.3 is 4.74 Å². The van der Waals surface area contributed by atoms with Crippen LogP contribution < -0.4 is 4.90 Å². The number of carbonyl (C=O) groups is 1. The maximum Gasteiger partial charge on any atom is 0.278 e. The number of fused-ring (bicyclic) bond motifs is 1. The summed E-state index contributed by atoms with van der Waals surface area (Å²) in [4.78, 5) is 19.4. The van der Waals surface area contributed by atoms with E-state index in [-0.39, 0.29) is 17.8 Å². The van der Waals surface area contributed by atoms with Gasteiger partial charge in [-0.2, -0.15) is 5.10 Å². The van der Waals surface area contributed by atoms with Gasteiger partial charge in [0.15, 0.2) is 5.13 Å². The lowest BCUT2D eigenvalue weighted by Crippen LogP contribution is -2.38. The van der Waals surface area contributed by atoms with E-state index < -0.39 is 0 Å². The van der Waals surface area contributed by atoms with E-state index >= 15 is 0 Å². The molecule has 8 heteroatoms. The highest BCUT2D eigenvalue weighted by Gasteiger charge is 2.28. The molecule has 0 saturated carbocycles. The minimum Gasteiger partial charge on any atom is -0.376 e. The summed E-state index contributed by atoms with van der Waals surface area (Å²) in [5, 5.41) is 4.81. The predicted molar refractivity (Wildman–Crippen MR) is 98.2 cm³/mol. The molecule has 0 N–H and O–H groups in total. The molecule has 1 atom stereocenters. The third-order valence-corrected chi connectivity index (χ3v) is 5.49. The topological polar surface area (TPSA) is 60.3 Å². The molecule has 1 amide bonds. The first-order valence-electron chi connectivity index (χ1n) is 8.51. The Morgan fingerprint density at radius 2 is 2.31 bits per heavy atom. The number of halogens is 1. The number of benzene rings is 1. The average Bonchev–Trinajstić information content (AvgIpc) is 3.31. The largest absolute Gasteiger partial charge is 0.376 e. The molecule has 1 saturated heterocycles. The van der Waals surface area contributed by atoms with Gasteiger partial charge in [0, 0.05) is 13.7 Å². The quantitative estimate of drug-likeness (QED) is 0.703. The third-order valence-electron chi connectivity index (χ3n) is 4.45. The monoisotopic (exact) mass is 374 g/mol. The van der Waals surface area contributed by atoms with Crippen LogP contribution in [0.5, 0.6) is 0 Å². The summed E-state index contributed by atoms with van der Waals surface area (Å²) in [5.74, 6) is -0.491. The van der Waals surface area contributed by atoms with Crippen molar-refractivity contribution in [3.63, 3.8) is 0 Å². The van der Waals surface area contributed by atoms with Crippen LogP contribution >= 0.6 is 11.3 Å². The minimum atomic E-state index is -0.313. The Morgan fingerprint density at radius 3 is 3.00 bits per heavy atom. The predicted octanol–water partition coefficient (Wildman–Crippen LogP) is 3.30. The van der Waals surface area contributed by atoms with Crippen molar-refractivity contribution in [2.45, 2.75) is 25.9 Å². The van der Waals surface area contributed by atoms with E-state index in [1.54, 1.807) is 28.8 Å². The molecule has 1 aromatic carbocycles. The van der Waals surface area contributed by atoms with Crippen molar-refractivity contribution in [1.82, 2.24) is 14.8 Å². The van der Waals surface area contributed by atoms with Gasteiger partial charge in [-0.05, 0) is 44.0 Å². The number of ether oxygens (including phenoxy) is 1. The van der Waals surface area contributed by atoms with E-state index in [2.05, 4.69) is 10.1 Å². The molecule has 1 aliphatic heterocycles. The molecule has 1 fully saturated rings. The maximum atomic E-state index is 13.5. The van der Waals surface area contributed by atoms with Gasteiger partial charge in [-0.15, -0.1) is 0 Å². The number of hydrogen-bond donors (Lipinski definition) is 0. The lowest BCUT2D eigenvalue weighted by molar-refractivity contribution is 0.0909. The minimum absolute atomic E-state index is 0.0166. The molecule has 0 spiro atoms. The van der Waals surface area contributed by atoms with Crippen LogP contribution in [-0.2, 0) is 11.8 Å². The lowest BCUT2D eigenvalue weighted by Gasteiger charge is -2.22. The van der Waals surface area contributed by atoms with Crippen LogP contribution in [0.2, 0.25) is 0 Å². The van der Waals surface area contributed by atoms with Crippen molar-refractivity contribution >= 4 is 32.6 Å². The number of aromatic nitrogens is 3. The first-order valence-corrected chi connectivity index (χ1v) is 9.33. The van der Waals surface area contributed by atoms with Gasteiger partial charge in [0.1, 0.15) is 11.5 Å². The Hall–Kier alpha value is -2.32. The van der Waals surface area contributed by atoms with Gasteiger partial charge >= 0.3 is 0 Å². The van der Waals surface area contributed by atoms with Crippen LogP contribution in [0.3, 0.4) is 0 Å². The SMILES string of the molecule is Cc1cc(C(=O)N(CC2CCCO2)c2nc3ccc(F)cc3s2)n(C)n1. The highest BCUT2D eigenvalue weighted by atomic mass is 32.1. The van der Waals surface area contributed by atoms with E-state index in [1.807, 2.05) is 6.92 Å². The first kappa shape index (κ1) is 17.1. The second kappa shape index (κ2) is 6.77. The number of aryl methyl sites for hydroxylation is 2. The Morgan fingerprint density at radius 1 is 1.46 bits per heavy atom. The summed E-state index contributed by atoms with van der Waals surface area (Å²) in [5.41, 5.74) is 1.95. The summed E-state index contributed by atoms with van der Waals surface area (Å²) >= 11 is 1.31. The molecule has 136 valence electrons. The summed E-state index contributed by atoms with van der Waals surface area (Å²) in [6, 6.07) is 6.22. The smallest absolute Gasteiger partial charge is 0.278 e. The van der Waals surface area contributed by atoms with E-state index in [9.17, 15) is 9.18 Å². The maximum absolute atomic E-state index is 13.5. The highest BCUT2D eigenvalue weighted by molar-refractivity contribution is 7.22. The normalized spacial score (nSPS) is 17.1. The Bertz CT molecular complexity index is 961. The molecule has 0 radical (unpaired) electrons. The Kier molecular flexibility index (Phi) is 4.46. The van der Waals surface area contributed by atoms with Crippen LogP contribution in [-0.4, -0.2) is 39.9 Å². The van der Waals surface area contributed by atoms with Crippen molar-refractivity contribution in [2.75, 3.05) is 18.1 Å². The van der Waals surface area contributed by atoms with Gasteiger partial charge in [-0.25, -0.2) is 9.37 Å². The zero-order valence-corrected chi connectivity index (χ0v) is 15.4. The van der Waals surface area contributed by atoms with Crippen molar-refractivity contribution in [3.05, 3.63) is 41.5 Å². The van der Waals surface area contributed by atoms with Crippen LogP contribution in [0.15, 0.2) is 24.3 Å². The molecule has 4 rings (SSSR count). The molecular weight excluding hydrogens is 355 g/mol. The van der Waals surface area contributed by atoms with E-state index in [0.29, 0.717) is 34.2 Å². The van der Waals surface area contributed by atoms with Gasteiger partial charge in [-0.1, -0.05) is 11.3 Å². The van der Waals surface area contributed by atoms with E-state index in [4.69, 9.17) is 4.74 Å². The van der Waals surface area contributed by atoms with Crippen molar-refractivity contribution in [2.24, 2.45) is 7.05 Å². The fourth-order valence-corrected chi connectivity index (χ4v) is 4.19. The fraction of sp³-hybridized carbons (Fsp3) is 0.389. The molecule has 3 aromatic rings. The van der Waals surface area contributed by atoms with Crippen molar-refractivity contribution in [1.29, 1.82) is 0 Å². The number of anilines is 1. The Labute approximate surface area is 154 Å². The van der Waals surface area contributed by atoms with E-state index in [0.717, 1.165) is 18.5 Å². The average molecular weight is 374 g/mol. The highest BCUT2D eigenvalue weighted by Crippen LogP contribution is 2.31. The zero-order chi connectivity index (χ0) is 18.3. The summed E-state index contributed by atoms with van der Waals surface area (Å²) < 4.78 is 21.5. The van der Waals surface area contributed by atoms with Crippen LogP contribution in [0.25, 0.3) is 10.2 Å². The lowest BCUT2D eigenvalue weighted by atomic mass is 10.2. The number of nitrogens with zero attached hydrogens (tertiary/aromatic N) is 4. The number of carbonyl (C=O) groups excluding carboxylic acids is 1.